The summed E-state index contributed by atoms with van der Waals surface area (Å²) in [6.45, 7) is 15.1. The van der Waals surface area contributed by atoms with Gasteiger partial charge in [-0.05, 0) is 50.7 Å². The second-order valence-corrected chi connectivity index (χ2v) is 13.7. The smallest absolute Gasteiger partial charge is 0.270 e. The Balaban J connectivity index is 1.91. The third kappa shape index (κ3) is 8.76. The second-order valence-electron chi connectivity index (χ2n) is 11.8. The number of carbonyl (C=O) groups is 1. The van der Waals surface area contributed by atoms with Crippen LogP contribution in [-0.2, 0) is 14.8 Å². The van der Waals surface area contributed by atoms with Gasteiger partial charge in [0.1, 0.15) is 4.90 Å². The molecule has 11 nitrogen and oxygen atoms in total. The number of nitrogens with zero attached hydrogens (tertiary/aromatic N) is 5. The van der Waals surface area contributed by atoms with E-state index in [0.29, 0.717) is 19.6 Å². The highest BCUT2D eigenvalue weighted by Crippen LogP contribution is 2.31. The number of nitro benzene ring substituents is 1. The van der Waals surface area contributed by atoms with Gasteiger partial charge in [-0.3, -0.25) is 20.3 Å². The number of non-ortho nitro benzene ring substituents is 1. The van der Waals surface area contributed by atoms with Crippen LogP contribution in [0.25, 0.3) is 0 Å². The Bertz CT molecular complexity index is 1380. The number of hydrogen-bond acceptors (Lipinski definition) is 8. The Morgan fingerprint density at radius 2 is 1.77 bits per heavy atom. The minimum absolute atomic E-state index is 0.0647. The summed E-state index contributed by atoms with van der Waals surface area (Å²) >= 11 is 0. The van der Waals surface area contributed by atoms with Gasteiger partial charge < -0.3 is 9.80 Å². The summed E-state index contributed by atoms with van der Waals surface area (Å²) in [5.74, 6) is 0.229. The quantitative estimate of drug-likeness (QED) is 0.171. The van der Waals surface area contributed by atoms with Crippen LogP contribution in [0.15, 0.2) is 52.5 Å². The fourth-order valence-corrected chi connectivity index (χ4v) is 7.33. The van der Waals surface area contributed by atoms with Gasteiger partial charge in [-0.2, -0.15) is 9.41 Å². The van der Waals surface area contributed by atoms with E-state index in [4.69, 9.17) is 0 Å². The van der Waals surface area contributed by atoms with Crippen molar-refractivity contribution < 1.29 is 18.1 Å². The maximum atomic E-state index is 13.8. The second kappa shape index (κ2) is 15.3. The third-order valence-corrected chi connectivity index (χ3v) is 9.31. The number of benzene rings is 2. The zero-order chi connectivity index (χ0) is 31.7. The number of sulfonamides is 1. The number of amides is 1. The zero-order valence-corrected chi connectivity index (χ0v) is 27.0. The Hall–Kier alpha value is -3.51. The largest absolute Gasteiger partial charge is 0.370 e. The number of anilines is 2. The zero-order valence-electron chi connectivity index (χ0n) is 26.2. The molecule has 2 aromatic rings. The first-order valence-corrected chi connectivity index (χ1v) is 16.5. The van der Waals surface area contributed by atoms with Gasteiger partial charge in [-0.25, -0.2) is 8.42 Å². The van der Waals surface area contributed by atoms with Gasteiger partial charge in [0.25, 0.3) is 5.69 Å². The Morgan fingerprint density at radius 1 is 1.12 bits per heavy atom. The fraction of sp³-hybridized carbons (Fsp3) is 0.548. The van der Waals surface area contributed by atoms with E-state index in [0.717, 1.165) is 36.7 Å². The van der Waals surface area contributed by atoms with Crippen molar-refractivity contribution in [3.05, 3.63) is 58.1 Å². The summed E-state index contributed by atoms with van der Waals surface area (Å²) < 4.78 is 29.1. The highest BCUT2D eigenvalue weighted by atomic mass is 32.2. The summed E-state index contributed by atoms with van der Waals surface area (Å²) in [5, 5.41) is 15.9. The van der Waals surface area contributed by atoms with E-state index >= 15 is 0 Å². The molecular weight excluding hydrogens is 568 g/mol. The third-order valence-electron chi connectivity index (χ3n) is 7.44. The molecule has 0 aromatic heterocycles. The van der Waals surface area contributed by atoms with Gasteiger partial charge in [0.05, 0.1) is 22.7 Å². The molecule has 0 bridgehead atoms. The van der Waals surface area contributed by atoms with Gasteiger partial charge in [-0.15, -0.1) is 0 Å². The Morgan fingerprint density at radius 3 is 2.37 bits per heavy atom. The number of hydrazone groups is 1. The summed E-state index contributed by atoms with van der Waals surface area (Å²) in [5.41, 5.74) is 4.42. The molecule has 1 unspecified atom stereocenters. The van der Waals surface area contributed by atoms with Crippen LogP contribution < -0.4 is 10.3 Å². The molecule has 43 heavy (non-hydrogen) atoms. The van der Waals surface area contributed by atoms with Crippen LogP contribution in [0.5, 0.6) is 0 Å². The van der Waals surface area contributed by atoms with Gasteiger partial charge in [-0.1, -0.05) is 45.9 Å². The van der Waals surface area contributed by atoms with Gasteiger partial charge in [0.15, 0.2) is 0 Å². The topological polar surface area (TPSA) is 128 Å². The molecule has 2 aromatic carbocycles. The maximum absolute atomic E-state index is 13.8. The van der Waals surface area contributed by atoms with E-state index in [9.17, 15) is 23.3 Å². The number of carbonyl (C=O) groups excluding carboxylic acids is 1. The summed E-state index contributed by atoms with van der Waals surface area (Å²) in [6.07, 6.45) is 3.36. The van der Waals surface area contributed by atoms with Crippen molar-refractivity contribution >= 4 is 39.2 Å². The lowest BCUT2D eigenvalue weighted by molar-refractivity contribution is -0.385. The molecule has 1 amide bonds. The van der Waals surface area contributed by atoms with Gasteiger partial charge in [0, 0.05) is 62.7 Å². The average molecular weight is 615 g/mol. The van der Waals surface area contributed by atoms with Crippen LogP contribution in [-0.4, -0.2) is 73.9 Å². The lowest BCUT2D eigenvalue weighted by Crippen LogP contribution is -2.45. The summed E-state index contributed by atoms with van der Waals surface area (Å²) in [4.78, 5) is 27.9. The first-order valence-electron chi connectivity index (χ1n) is 15.1. The molecule has 0 aliphatic carbocycles. The van der Waals surface area contributed by atoms with Crippen molar-refractivity contribution in [3.8, 4) is 0 Å². The van der Waals surface area contributed by atoms with Crippen molar-refractivity contribution in [2.45, 2.75) is 59.3 Å². The molecule has 0 saturated carbocycles. The molecule has 0 radical (unpaired) electrons. The van der Waals surface area contributed by atoms with Crippen LogP contribution in [0.4, 0.5) is 17.1 Å². The Labute approximate surface area is 256 Å². The van der Waals surface area contributed by atoms with E-state index in [-0.39, 0.29) is 53.0 Å². The maximum Gasteiger partial charge on any atom is 0.270 e. The van der Waals surface area contributed by atoms with Crippen LogP contribution in [0.1, 0.15) is 59.9 Å². The van der Waals surface area contributed by atoms with E-state index in [2.05, 4.69) is 15.4 Å². The lowest BCUT2D eigenvalue weighted by atomic mass is 9.95. The molecule has 1 aliphatic heterocycles. The molecule has 236 valence electrons. The first kappa shape index (κ1) is 34.0. The number of piperidine rings is 1. The highest BCUT2D eigenvalue weighted by molar-refractivity contribution is 7.89. The molecule has 0 spiro atoms. The average Bonchev–Trinajstić information content (AvgIpc) is 2.97. The number of rotatable bonds is 14. The first-order chi connectivity index (χ1) is 20.4. The molecule has 1 N–H and O–H groups in total. The van der Waals surface area contributed by atoms with Crippen molar-refractivity contribution in [2.24, 2.45) is 22.9 Å². The number of para-hydroxylation sites is 1. The molecule has 1 fully saturated rings. The molecule has 1 atom stereocenters. The minimum Gasteiger partial charge on any atom is -0.370 e. The van der Waals surface area contributed by atoms with Crippen LogP contribution in [0.2, 0.25) is 0 Å². The molecular formula is C31H46N6O5S. The van der Waals surface area contributed by atoms with Crippen molar-refractivity contribution in [2.75, 3.05) is 49.6 Å². The summed E-state index contributed by atoms with van der Waals surface area (Å²) in [7, 11) is -4.08. The molecule has 3 rings (SSSR count). The van der Waals surface area contributed by atoms with E-state index in [1.807, 2.05) is 70.7 Å². The standard InChI is InChI=1S/C31H46N6O5S/c1-7-34(8-2)31(38)26-13-11-17-35(22-26)29-14-10-9-12-25(29)19-32-33-28-16-15-27(37(39)40)18-30(28)43(41,42)36(20-23(3)4)21-24(5)6/h9-10,12,14-16,18-19,23-24,26,33H,7-8,11,13,17,20-22H2,1-6H3/b32-19+. The van der Waals surface area contributed by atoms with Crippen LogP contribution in [0, 0.1) is 27.9 Å². The predicted octanol–water partition coefficient (Wildman–Crippen LogP) is 5.43. The number of hydrogen-bond donors (Lipinski definition) is 1. The van der Waals surface area contributed by atoms with Crippen molar-refractivity contribution in [1.82, 2.24) is 9.21 Å². The minimum atomic E-state index is -4.08. The monoisotopic (exact) mass is 614 g/mol. The molecule has 1 heterocycles. The SMILES string of the molecule is CCN(CC)C(=O)C1CCCN(c2ccccc2/C=N/Nc2ccc([N+](=O)[O-])cc2S(=O)(=O)N(CC(C)C)CC(C)C)C1. The molecule has 12 heteroatoms. The van der Waals surface area contributed by atoms with Crippen LogP contribution >= 0.6 is 0 Å². The normalized spacial score (nSPS) is 15.9. The van der Waals surface area contributed by atoms with Crippen LogP contribution in [0.3, 0.4) is 0 Å². The summed E-state index contributed by atoms with van der Waals surface area (Å²) in [6, 6.07) is 11.5. The van der Waals surface area contributed by atoms with E-state index in [1.54, 1.807) is 6.21 Å². The molecule has 1 saturated heterocycles. The Kier molecular flexibility index (Phi) is 12.1. The number of nitrogens with one attached hydrogen (secondary N) is 1. The highest BCUT2D eigenvalue weighted by Gasteiger charge is 2.31. The van der Waals surface area contributed by atoms with Gasteiger partial charge in [0.2, 0.25) is 15.9 Å². The van der Waals surface area contributed by atoms with Gasteiger partial charge >= 0.3 is 0 Å². The van der Waals surface area contributed by atoms with E-state index < -0.39 is 14.9 Å². The molecule has 1 aliphatic rings. The lowest BCUT2D eigenvalue weighted by Gasteiger charge is -2.36. The predicted molar refractivity (Wildman–Crippen MR) is 172 cm³/mol. The van der Waals surface area contributed by atoms with Crippen molar-refractivity contribution in [1.29, 1.82) is 0 Å². The van der Waals surface area contributed by atoms with Crippen molar-refractivity contribution in [3.63, 3.8) is 0 Å². The number of nitro groups is 1. The van der Waals surface area contributed by atoms with E-state index in [1.165, 1.54) is 16.4 Å². The fourth-order valence-electron chi connectivity index (χ4n) is 5.40.